The molecule has 0 atom stereocenters. The zero-order valence-corrected chi connectivity index (χ0v) is 16.8. The van der Waals surface area contributed by atoms with E-state index in [1.165, 1.54) is 24.8 Å². The van der Waals surface area contributed by atoms with E-state index in [0.717, 1.165) is 40.9 Å². The smallest absolute Gasteiger partial charge is 0.230 e. The van der Waals surface area contributed by atoms with Gasteiger partial charge in [0.15, 0.2) is 5.82 Å². The van der Waals surface area contributed by atoms with Gasteiger partial charge in [0.2, 0.25) is 5.91 Å². The van der Waals surface area contributed by atoms with Crippen molar-refractivity contribution in [3.05, 3.63) is 59.2 Å². The van der Waals surface area contributed by atoms with Crippen molar-refractivity contribution < 1.29 is 4.79 Å². The molecule has 0 unspecified atom stereocenters. The van der Waals surface area contributed by atoms with Crippen molar-refractivity contribution in [2.45, 2.75) is 32.6 Å². The summed E-state index contributed by atoms with van der Waals surface area (Å²) in [5.41, 5.74) is 3.88. The third kappa shape index (κ3) is 4.39. The van der Waals surface area contributed by atoms with Crippen molar-refractivity contribution in [1.82, 2.24) is 9.97 Å². The van der Waals surface area contributed by atoms with Gasteiger partial charge in [0.25, 0.3) is 0 Å². The summed E-state index contributed by atoms with van der Waals surface area (Å²) in [7, 11) is 0. The van der Waals surface area contributed by atoms with Crippen LogP contribution < -0.4 is 10.2 Å². The van der Waals surface area contributed by atoms with Gasteiger partial charge in [0, 0.05) is 30.2 Å². The predicted octanol–water partition coefficient (Wildman–Crippen LogP) is 4.69. The van der Waals surface area contributed by atoms with Crippen LogP contribution in [0.2, 0.25) is 0 Å². The summed E-state index contributed by atoms with van der Waals surface area (Å²) in [6.45, 7) is 4.05. The fourth-order valence-corrected chi connectivity index (χ4v) is 4.25. The Morgan fingerprint density at radius 3 is 2.71 bits per heavy atom. The SMILES string of the molecule is Cc1ccc(-c2nc(CC(=O)Nc3cccnc3N3CCCCC3)cs2)cc1. The number of nitrogens with zero attached hydrogens (tertiary/aromatic N) is 3. The summed E-state index contributed by atoms with van der Waals surface area (Å²) in [6, 6.07) is 12.1. The third-order valence-electron chi connectivity index (χ3n) is 4.91. The Bertz CT molecular complexity index is 945. The zero-order valence-electron chi connectivity index (χ0n) is 16.0. The molecule has 144 valence electrons. The topological polar surface area (TPSA) is 58.1 Å². The summed E-state index contributed by atoms with van der Waals surface area (Å²) < 4.78 is 0. The van der Waals surface area contributed by atoms with Crippen molar-refractivity contribution in [2.24, 2.45) is 0 Å². The van der Waals surface area contributed by atoms with Gasteiger partial charge < -0.3 is 10.2 Å². The standard InChI is InChI=1S/C22H24N4OS/c1-16-7-9-17(10-8-16)22-24-18(15-28-22)14-20(27)25-19-6-5-11-23-21(19)26-12-3-2-4-13-26/h5-11,15H,2-4,12-14H2,1H3,(H,25,27). The summed E-state index contributed by atoms with van der Waals surface area (Å²) in [4.78, 5) is 24.0. The lowest BCUT2D eigenvalue weighted by Crippen LogP contribution is -2.31. The number of amides is 1. The number of hydrogen-bond donors (Lipinski definition) is 1. The predicted molar refractivity (Wildman–Crippen MR) is 115 cm³/mol. The van der Waals surface area contributed by atoms with Gasteiger partial charge in [0.05, 0.1) is 17.8 Å². The molecule has 0 spiro atoms. The lowest BCUT2D eigenvalue weighted by molar-refractivity contribution is -0.115. The molecule has 28 heavy (non-hydrogen) atoms. The number of nitrogens with one attached hydrogen (secondary N) is 1. The van der Waals surface area contributed by atoms with Crippen molar-refractivity contribution in [1.29, 1.82) is 0 Å². The van der Waals surface area contributed by atoms with Crippen molar-refractivity contribution in [3.63, 3.8) is 0 Å². The molecule has 1 aliphatic rings. The molecule has 5 nitrogen and oxygen atoms in total. The maximum absolute atomic E-state index is 12.6. The van der Waals surface area contributed by atoms with E-state index in [9.17, 15) is 4.79 Å². The van der Waals surface area contributed by atoms with Crippen LogP contribution in [0.4, 0.5) is 11.5 Å². The van der Waals surface area contributed by atoms with Crippen LogP contribution >= 0.6 is 11.3 Å². The second kappa shape index (κ2) is 8.52. The van der Waals surface area contributed by atoms with Gasteiger partial charge in [-0.15, -0.1) is 11.3 Å². The number of thiazole rings is 1. The number of piperidine rings is 1. The quantitative estimate of drug-likeness (QED) is 0.685. The van der Waals surface area contributed by atoms with E-state index in [0.29, 0.717) is 0 Å². The first-order chi connectivity index (χ1) is 13.7. The maximum atomic E-state index is 12.6. The fraction of sp³-hybridized carbons (Fsp3) is 0.318. The average molecular weight is 393 g/mol. The minimum atomic E-state index is -0.0629. The van der Waals surface area contributed by atoms with Crippen LogP contribution in [0, 0.1) is 6.92 Å². The van der Waals surface area contributed by atoms with Gasteiger partial charge in [0.1, 0.15) is 5.01 Å². The first kappa shape index (κ1) is 18.6. The van der Waals surface area contributed by atoms with E-state index >= 15 is 0 Å². The van der Waals surface area contributed by atoms with E-state index in [-0.39, 0.29) is 12.3 Å². The van der Waals surface area contributed by atoms with E-state index in [1.54, 1.807) is 17.5 Å². The van der Waals surface area contributed by atoms with Crippen LogP contribution in [0.15, 0.2) is 48.0 Å². The molecule has 0 aliphatic carbocycles. The first-order valence-electron chi connectivity index (χ1n) is 9.70. The lowest BCUT2D eigenvalue weighted by Gasteiger charge is -2.29. The number of benzene rings is 1. The van der Waals surface area contributed by atoms with E-state index < -0.39 is 0 Å². The van der Waals surface area contributed by atoms with Crippen molar-refractivity contribution >= 4 is 28.7 Å². The molecule has 0 bridgehead atoms. The maximum Gasteiger partial charge on any atom is 0.230 e. The molecule has 1 aromatic carbocycles. The molecule has 0 saturated carbocycles. The lowest BCUT2D eigenvalue weighted by atomic mass is 10.1. The highest BCUT2D eigenvalue weighted by molar-refractivity contribution is 7.13. The molecule has 3 heterocycles. The highest BCUT2D eigenvalue weighted by Crippen LogP contribution is 2.27. The average Bonchev–Trinajstić information content (AvgIpc) is 3.18. The minimum absolute atomic E-state index is 0.0629. The summed E-state index contributed by atoms with van der Waals surface area (Å²) in [6.07, 6.45) is 5.65. The van der Waals surface area contributed by atoms with Crippen molar-refractivity contribution in [3.8, 4) is 10.6 Å². The van der Waals surface area contributed by atoms with Crippen LogP contribution in [0.1, 0.15) is 30.5 Å². The molecule has 1 amide bonds. The third-order valence-corrected chi connectivity index (χ3v) is 5.85. The van der Waals surface area contributed by atoms with E-state index in [1.807, 2.05) is 17.5 Å². The highest BCUT2D eigenvalue weighted by atomic mass is 32.1. The Morgan fingerprint density at radius 1 is 1.14 bits per heavy atom. The second-order valence-electron chi connectivity index (χ2n) is 7.16. The number of aryl methyl sites for hydroxylation is 1. The molecular weight excluding hydrogens is 368 g/mol. The van der Waals surface area contributed by atoms with Crippen LogP contribution in [0.3, 0.4) is 0 Å². The van der Waals surface area contributed by atoms with Crippen LogP contribution in [-0.4, -0.2) is 29.0 Å². The molecule has 3 aromatic rings. The highest BCUT2D eigenvalue weighted by Gasteiger charge is 2.17. The zero-order chi connectivity index (χ0) is 19.3. The number of anilines is 2. The molecule has 6 heteroatoms. The second-order valence-corrected chi connectivity index (χ2v) is 8.02. The number of aromatic nitrogens is 2. The van der Waals surface area contributed by atoms with Crippen LogP contribution in [0.25, 0.3) is 10.6 Å². The molecule has 2 aromatic heterocycles. The van der Waals surface area contributed by atoms with Crippen LogP contribution in [-0.2, 0) is 11.2 Å². The molecule has 1 fully saturated rings. The van der Waals surface area contributed by atoms with E-state index in [4.69, 9.17) is 0 Å². The molecular formula is C22H24N4OS. The molecule has 1 saturated heterocycles. The van der Waals surface area contributed by atoms with Gasteiger partial charge in [-0.1, -0.05) is 29.8 Å². The normalized spacial score (nSPS) is 14.1. The molecule has 4 rings (SSSR count). The monoisotopic (exact) mass is 392 g/mol. The minimum Gasteiger partial charge on any atom is -0.355 e. The largest absolute Gasteiger partial charge is 0.355 e. The molecule has 1 N–H and O–H groups in total. The Balaban J connectivity index is 1.43. The summed E-state index contributed by atoms with van der Waals surface area (Å²) in [5.74, 6) is 0.807. The number of pyridine rings is 1. The Morgan fingerprint density at radius 2 is 1.93 bits per heavy atom. The van der Waals surface area contributed by atoms with Gasteiger partial charge in [-0.25, -0.2) is 9.97 Å². The molecule has 0 radical (unpaired) electrons. The number of hydrogen-bond acceptors (Lipinski definition) is 5. The number of carbonyl (C=O) groups is 1. The Labute approximate surface area is 169 Å². The first-order valence-corrected chi connectivity index (χ1v) is 10.6. The summed E-state index contributed by atoms with van der Waals surface area (Å²) >= 11 is 1.57. The fourth-order valence-electron chi connectivity index (χ4n) is 3.43. The Hall–Kier alpha value is -2.73. The van der Waals surface area contributed by atoms with Gasteiger partial charge in [-0.3, -0.25) is 4.79 Å². The summed E-state index contributed by atoms with van der Waals surface area (Å²) in [5, 5.41) is 5.94. The number of rotatable bonds is 5. The number of carbonyl (C=O) groups excluding carboxylic acids is 1. The van der Waals surface area contributed by atoms with Gasteiger partial charge >= 0.3 is 0 Å². The van der Waals surface area contributed by atoms with E-state index in [2.05, 4.69) is 51.4 Å². The van der Waals surface area contributed by atoms with Gasteiger partial charge in [-0.05, 0) is 38.3 Å². The van der Waals surface area contributed by atoms with Crippen molar-refractivity contribution in [2.75, 3.05) is 23.3 Å². The molecule has 1 aliphatic heterocycles. The van der Waals surface area contributed by atoms with Gasteiger partial charge in [-0.2, -0.15) is 0 Å². The van der Waals surface area contributed by atoms with Crippen LogP contribution in [0.5, 0.6) is 0 Å². The Kier molecular flexibility index (Phi) is 5.67.